The van der Waals surface area contributed by atoms with Crippen LogP contribution in [-0.2, 0) is 4.74 Å². The number of thioether (sulfide) groups is 1. The maximum atomic E-state index is 10.4. The van der Waals surface area contributed by atoms with Gasteiger partial charge in [0.25, 0.3) is 0 Å². The molecule has 1 aliphatic carbocycles. The van der Waals surface area contributed by atoms with Gasteiger partial charge in [-0.3, -0.25) is 0 Å². The van der Waals surface area contributed by atoms with Crippen LogP contribution < -0.4 is 5.73 Å². The van der Waals surface area contributed by atoms with Crippen LogP contribution in [0.5, 0.6) is 0 Å². The summed E-state index contributed by atoms with van der Waals surface area (Å²) in [6, 6.07) is 0. The quantitative estimate of drug-likeness (QED) is 0.809. The fraction of sp³-hybridized carbons (Fsp3) is 0.917. The summed E-state index contributed by atoms with van der Waals surface area (Å²) in [7, 11) is 0. The third-order valence-electron chi connectivity index (χ3n) is 2.24. The maximum absolute atomic E-state index is 10.4. The summed E-state index contributed by atoms with van der Waals surface area (Å²) in [5.74, 6) is 0. The van der Waals surface area contributed by atoms with Crippen molar-refractivity contribution in [1.82, 2.24) is 0 Å². The van der Waals surface area contributed by atoms with Gasteiger partial charge in [-0.1, -0.05) is 27.7 Å². The summed E-state index contributed by atoms with van der Waals surface area (Å²) in [4.78, 5) is 10.4. The van der Waals surface area contributed by atoms with Crippen molar-refractivity contribution in [3.8, 4) is 0 Å². The second-order valence-corrected chi connectivity index (χ2v) is 4.21. The van der Waals surface area contributed by atoms with Crippen molar-refractivity contribution in [2.75, 3.05) is 6.26 Å². The lowest BCUT2D eigenvalue weighted by molar-refractivity contribution is 0.0840. The van der Waals surface area contributed by atoms with E-state index in [0.29, 0.717) is 0 Å². The number of ether oxygens (including phenoxy) is 1. The number of nitrogens with two attached hydrogens (primary N) is 1. The zero-order valence-corrected chi connectivity index (χ0v) is 12.1. The number of amides is 1. The van der Waals surface area contributed by atoms with Gasteiger partial charge in [-0.15, -0.1) is 0 Å². The Morgan fingerprint density at radius 1 is 1.12 bits per heavy atom. The van der Waals surface area contributed by atoms with Gasteiger partial charge < -0.3 is 10.5 Å². The molecule has 4 heteroatoms. The summed E-state index contributed by atoms with van der Waals surface area (Å²) in [5.41, 5.74) is 4.92. The molecule has 1 amide bonds. The molecule has 1 rings (SSSR count). The average molecular weight is 249 g/mol. The van der Waals surface area contributed by atoms with Gasteiger partial charge in [0.2, 0.25) is 0 Å². The van der Waals surface area contributed by atoms with E-state index >= 15 is 0 Å². The SMILES string of the molecule is CC.CC.CSC1CCC(OC(N)=O)CC1. The van der Waals surface area contributed by atoms with E-state index in [0.717, 1.165) is 30.9 Å². The fourth-order valence-corrected chi connectivity index (χ4v) is 2.29. The molecule has 0 aromatic heterocycles. The summed E-state index contributed by atoms with van der Waals surface area (Å²) in [6.45, 7) is 8.00. The van der Waals surface area contributed by atoms with Gasteiger partial charge in [0.15, 0.2) is 0 Å². The molecule has 16 heavy (non-hydrogen) atoms. The normalized spacial score (nSPS) is 23.1. The Morgan fingerprint density at radius 2 is 1.56 bits per heavy atom. The molecule has 0 aromatic rings. The number of hydrogen-bond donors (Lipinski definition) is 1. The van der Waals surface area contributed by atoms with E-state index in [1.54, 1.807) is 0 Å². The Kier molecular flexibility index (Phi) is 14.3. The Labute approximate surface area is 104 Å². The van der Waals surface area contributed by atoms with Gasteiger partial charge in [-0.05, 0) is 31.9 Å². The average Bonchev–Trinajstić information content (AvgIpc) is 2.34. The molecule has 0 bridgehead atoms. The number of rotatable bonds is 2. The minimum absolute atomic E-state index is 0.0749. The van der Waals surface area contributed by atoms with Crippen LogP contribution in [0.4, 0.5) is 4.79 Å². The molecule has 3 nitrogen and oxygen atoms in total. The lowest BCUT2D eigenvalue weighted by Gasteiger charge is -2.26. The van der Waals surface area contributed by atoms with Crippen LogP contribution >= 0.6 is 11.8 Å². The Balaban J connectivity index is 0. The summed E-state index contributed by atoms with van der Waals surface area (Å²) >= 11 is 1.89. The van der Waals surface area contributed by atoms with Crippen molar-refractivity contribution in [2.45, 2.75) is 64.7 Å². The zero-order chi connectivity index (χ0) is 13.0. The van der Waals surface area contributed by atoms with Crippen molar-refractivity contribution in [2.24, 2.45) is 5.73 Å². The first-order valence-corrected chi connectivity index (χ1v) is 7.50. The van der Waals surface area contributed by atoms with Gasteiger partial charge in [0, 0.05) is 5.25 Å². The summed E-state index contributed by atoms with van der Waals surface area (Å²) in [6.07, 6.45) is 5.77. The second-order valence-electron chi connectivity index (χ2n) is 3.07. The van der Waals surface area contributed by atoms with Crippen LogP contribution in [0, 0.1) is 0 Å². The summed E-state index contributed by atoms with van der Waals surface area (Å²) < 4.78 is 4.91. The lowest BCUT2D eigenvalue weighted by Crippen LogP contribution is -2.27. The number of carbonyl (C=O) groups excluding carboxylic acids is 1. The van der Waals surface area contributed by atoms with Crippen LogP contribution in [0.25, 0.3) is 0 Å². The van der Waals surface area contributed by atoms with E-state index in [2.05, 4.69) is 6.26 Å². The number of carbonyl (C=O) groups is 1. The molecule has 1 aliphatic rings. The van der Waals surface area contributed by atoms with Gasteiger partial charge >= 0.3 is 6.09 Å². The number of hydrogen-bond acceptors (Lipinski definition) is 3. The van der Waals surface area contributed by atoms with Crippen LogP contribution in [0.3, 0.4) is 0 Å². The monoisotopic (exact) mass is 249 g/mol. The molecule has 0 aliphatic heterocycles. The smallest absolute Gasteiger partial charge is 0.404 e. The third kappa shape index (κ3) is 8.89. The van der Waals surface area contributed by atoms with Crippen LogP contribution in [0.2, 0.25) is 0 Å². The molecule has 0 aromatic carbocycles. The predicted molar refractivity (Wildman–Crippen MR) is 72.9 cm³/mol. The predicted octanol–water partition coefficient (Wildman–Crippen LogP) is 3.81. The lowest BCUT2D eigenvalue weighted by atomic mass is 9.97. The Bertz CT molecular complexity index is 157. The number of primary amides is 1. The molecular formula is C12H27NO2S. The molecule has 2 N–H and O–H groups in total. The molecular weight excluding hydrogens is 222 g/mol. The van der Waals surface area contributed by atoms with Gasteiger partial charge in [0.05, 0.1) is 0 Å². The topological polar surface area (TPSA) is 52.3 Å². The molecule has 98 valence electrons. The zero-order valence-electron chi connectivity index (χ0n) is 11.3. The van der Waals surface area contributed by atoms with Crippen molar-refractivity contribution in [1.29, 1.82) is 0 Å². The molecule has 0 saturated heterocycles. The first kappa shape index (κ1) is 18.0. The first-order chi connectivity index (χ1) is 7.72. The molecule has 0 spiro atoms. The highest BCUT2D eigenvalue weighted by Crippen LogP contribution is 2.28. The van der Waals surface area contributed by atoms with E-state index in [1.807, 2.05) is 39.5 Å². The van der Waals surface area contributed by atoms with Crippen LogP contribution in [0.1, 0.15) is 53.4 Å². The van der Waals surface area contributed by atoms with E-state index in [9.17, 15) is 4.79 Å². The molecule has 0 atom stereocenters. The van der Waals surface area contributed by atoms with Crippen LogP contribution in [-0.4, -0.2) is 23.7 Å². The van der Waals surface area contributed by atoms with Crippen LogP contribution in [0.15, 0.2) is 0 Å². The minimum Gasteiger partial charge on any atom is -0.446 e. The van der Waals surface area contributed by atoms with E-state index in [4.69, 9.17) is 10.5 Å². The first-order valence-electron chi connectivity index (χ1n) is 6.21. The highest BCUT2D eigenvalue weighted by molar-refractivity contribution is 7.99. The standard InChI is InChI=1S/C8H15NO2S.2C2H6/c1-12-7-4-2-6(3-5-7)11-8(9)10;2*1-2/h6-7H,2-5H2,1H3,(H2,9,10);2*1-2H3. The maximum Gasteiger partial charge on any atom is 0.404 e. The van der Waals surface area contributed by atoms with Crippen molar-refractivity contribution in [3.05, 3.63) is 0 Å². The molecule has 1 saturated carbocycles. The molecule has 0 heterocycles. The van der Waals surface area contributed by atoms with Crippen molar-refractivity contribution < 1.29 is 9.53 Å². The van der Waals surface area contributed by atoms with Gasteiger partial charge in [-0.25, -0.2) is 4.79 Å². The van der Waals surface area contributed by atoms with Gasteiger partial charge in [-0.2, -0.15) is 11.8 Å². The second kappa shape index (κ2) is 12.7. The highest BCUT2D eigenvalue weighted by Gasteiger charge is 2.22. The van der Waals surface area contributed by atoms with E-state index < -0.39 is 6.09 Å². The molecule has 0 radical (unpaired) electrons. The van der Waals surface area contributed by atoms with E-state index in [1.165, 1.54) is 0 Å². The minimum atomic E-state index is -0.636. The van der Waals surface area contributed by atoms with Crippen molar-refractivity contribution in [3.63, 3.8) is 0 Å². The fourth-order valence-electron chi connectivity index (χ4n) is 1.55. The third-order valence-corrected chi connectivity index (χ3v) is 3.38. The summed E-state index contributed by atoms with van der Waals surface area (Å²) in [5, 5.41) is 0.748. The molecule has 1 fully saturated rings. The van der Waals surface area contributed by atoms with E-state index in [-0.39, 0.29) is 6.10 Å². The van der Waals surface area contributed by atoms with Crippen molar-refractivity contribution >= 4 is 17.9 Å². The Morgan fingerprint density at radius 3 is 1.88 bits per heavy atom. The molecule has 0 unspecified atom stereocenters. The Hall–Kier alpha value is -0.380. The van der Waals surface area contributed by atoms with Gasteiger partial charge in [0.1, 0.15) is 6.10 Å². The highest BCUT2D eigenvalue weighted by atomic mass is 32.2. The largest absolute Gasteiger partial charge is 0.446 e.